The maximum absolute atomic E-state index is 13.1. The van der Waals surface area contributed by atoms with E-state index in [1.807, 2.05) is 43.3 Å². The van der Waals surface area contributed by atoms with Crippen molar-refractivity contribution in [1.82, 2.24) is 9.80 Å². The van der Waals surface area contributed by atoms with Crippen LogP contribution in [0.5, 0.6) is 5.75 Å². The Bertz CT molecular complexity index is 991. The minimum Gasteiger partial charge on any atom is -0.507 e. The number of Topliss-reactive ketones (excluding diaryl/α,β-unsaturated/α-hetero) is 1. The smallest absolute Gasteiger partial charge is 0.295 e. The van der Waals surface area contributed by atoms with Crippen LogP contribution in [0.1, 0.15) is 48.9 Å². The summed E-state index contributed by atoms with van der Waals surface area (Å²) in [5, 5.41) is 11.1. The van der Waals surface area contributed by atoms with E-state index < -0.39 is 17.7 Å². The molecule has 1 aliphatic rings. The van der Waals surface area contributed by atoms with Gasteiger partial charge in [0.25, 0.3) is 11.7 Å². The van der Waals surface area contributed by atoms with E-state index in [1.54, 1.807) is 36.3 Å². The molecule has 2 aromatic rings. The van der Waals surface area contributed by atoms with E-state index in [0.717, 1.165) is 18.5 Å². The van der Waals surface area contributed by atoms with Gasteiger partial charge in [-0.05, 0) is 68.4 Å². The standard InChI is InChI=1S/C26H32N2O4/c1-17(2)18-7-9-19(10-8-18)23-22(24(29)20-11-13-21(32-5)14-12-20)25(30)26(31)28(23)16-6-15-27(3)4/h7-14,17,23,29H,6,15-16H2,1-5H3. The van der Waals surface area contributed by atoms with Crippen molar-refractivity contribution in [3.8, 4) is 5.75 Å². The fraction of sp³-hybridized carbons (Fsp3) is 0.385. The van der Waals surface area contributed by atoms with Gasteiger partial charge in [-0.15, -0.1) is 0 Å². The molecular weight excluding hydrogens is 404 g/mol. The molecule has 0 radical (unpaired) electrons. The molecule has 2 aromatic carbocycles. The molecule has 0 bridgehead atoms. The topological polar surface area (TPSA) is 70.1 Å². The Morgan fingerprint density at radius 1 is 1.06 bits per heavy atom. The molecule has 1 unspecified atom stereocenters. The summed E-state index contributed by atoms with van der Waals surface area (Å²) in [6.45, 7) is 5.46. The monoisotopic (exact) mass is 436 g/mol. The molecule has 0 saturated carbocycles. The van der Waals surface area contributed by atoms with Gasteiger partial charge in [-0.3, -0.25) is 9.59 Å². The second-order valence-electron chi connectivity index (χ2n) is 8.70. The van der Waals surface area contributed by atoms with Gasteiger partial charge in [-0.2, -0.15) is 0 Å². The van der Waals surface area contributed by atoms with Crippen molar-refractivity contribution in [2.45, 2.75) is 32.2 Å². The number of aliphatic hydroxyl groups excluding tert-OH is 1. The largest absolute Gasteiger partial charge is 0.507 e. The van der Waals surface area contributed by atoms with Gasteiger partial charge in [0.2, 0.25) is 0 Å². The summed E-state index contributed by atoms with van der Waals surface area (Å²) in [5.74, 6) is -0.377. The minimum absolute atomic E-state index is 0.127. The fourth-order valence-corrected chi connectivity index (χ4v) is 3.98. The molecule has 1 fully saturated rings. The van der Waals surface area contributed by atoms with E-state index in [0.29, 0.717) is 23.8 Å². The van der Waals surface area contributed by atoms with Gasteiger partial charge in [0.15, 0.2) is 0 Å². The Balaban J connectivity index is 2.07. The summed E-state index contributed by atoms with van der Waals surface area (Å²) in [6.07, 6.45) is 0.725. The third-order valence-electron chi connectivity index (χ3n) is 5.83. The van der Waals surface area contributed by atoms with Gasteiger partial charge < -0.3 is 19.6 Å². The molecule has 6 heteroatoms. The van der Waals surface area contributed by atoms with E-state index in [2.05, 4.69) is 13.8 Å². The Labute approximate surface area is 190 Å². The number of carbonyl (C=O) groups is 2. The van der Waals surface area contributed by atoms with Crippen molar-refractivity contribution >= 4 is 17.4 Å². The quantitative estimate of drug-likeness (QED) is 0.382. The lowest BCUT2D eigenvalue weighted by Crippen LogP contribution is -2.32. The number of carbonyl (C=O) groups excluding carboxylic acids is 2. The summed E-state index contributed by atoms with van der Waals surface area (Å²) < 4.78 is 5.18. The Morgan fingerprint density at radius 3 is 2.22 bits per heavy atom. The number of likely N-dealkylation sites (tertiary alicyclic amines) is 1. The van der Waals surface area contributed by atoms with Crippen molar-refractivity contribution < 1.29 is 19.4 Å². The highest BCUT2D eigenvalue weighted by Crippen LogP contribution is 2.40. The van der Waals surface area contributed by atoms with Crippen molar-refractivity contribution in [3.63, 3.8) is 0 Å². The maximum Gasteiger partial charge on any atom is 0.295 e. The highest BCUT2D eigenvalue weighted by atomic mass is 16.5. The van der Waals surface area contributed by atoms with Crippen LogP contribution in [0.15, 0.2) is 54.1 Å². The fourth-order valence-electron chi connectivity index (χ4n) is 3.98. The zero-order valence-electron chi connectivity index (χ0n) is 19.5. The molecular formula is C26H32N2O4. The Kier molecular flexibility index (Phi) is 7.36. The van der Waals surface area contributed by atoms with Crippen molar-refractivity contribution in [3.05, 3.63) is 70.8 Å². The zero-order valence-corrected chi connectivity index (χ0v) is 19.5. The van der Waals surface area contributed by atoms with Crippen LogP contribution in [0.25, 0.3) is 5.76 Å². The molecule has 0 aromatic heterocycles. The lowest BCUT2D eigenvalue weighted by atomic mass is 9.93. The molecule has 0 aliphatic carbocycles. The van der Waals surface area contributed by atoms with Crippen molar-refractivity contribution in [2.75, 3.05) is 34.3 Å². The Hall–Kier alpha value is -3.12. The molecule has 1 aliphatic heterocycles. The summed E-state index contributed by atoms with van der Waals surface area (Å²) >= 11 is 0. The zero-order chi connectivity index (χ0) is 23.4. The lowest BCUT2D eigenvalue weighted by molar-refractivity contribution is -0.139. The molecule has 1 saturated heterocycles. The van der Waals surface area contributed by atoms with Crippen LogP contribution >= 0.6 is 0 Å². The number of aliphatic hydroxyl groups is 1. The highest BCUT2D eigenvalue weighted by molar-refractivity contribution is 6.46. The SMILES string of the molecule is COc1ccc(C(O)=C2C(=O)C(=O)N(CCCN(C)C)C2c2ccc(C(C)C)cc2)cc1. The molecule has 170 valence electrons. The summed E-state index contributed by atoms with van der Waals surface area (Å²) in [7, 11) is 5.51. The lowest BCUT2D eigenvalue weighted by Gasteiger charge is -2.26. The second kappa shape index (κ2) is 10.0. The van der Waals surface area contributed by atoms with Crippen LogP contribution in [0, 0.1) is 0 Å². The Morgan fingerprint density at radius 2 is 1.69 bits per heavy atom. The first-order valence-corrected chi connectivity index (χ1v) is 10.9. The third kappa shape index (κ3) is 4.86. The number of hydrogen-bond donors (Lipinski definition) is 1. The average Bonchev–Trinajstić information content (AvgIpc) is 3.03. The molecule has 1 amide bonds. The average molecular weight is 437 g/mol. The van der Waals surface area contributed by atoms with E-state index >= 15 is 0 Å². The number of methoxy groups -OCH3 is 1. The van der Waals surface area contributed by atoms with E-state index in [-0.39, 0.29) is 11.3 Å². The summed E-state index contributed by atoms with van der Waals surface area (Å²) in [4.78, 5) is 29.7. The maximum atomic E-state index is 13.1. The van der Waals surface area contributed by atoms with E-state index in [9.17, 15) is 14.7 Å². The van der Waals surface area contributed by atoms with E-state index in [4.69, 9.17) is 4.74 Å². The van der Waals surface area contributed by atoms with Gasteiger partial charge in [0.1, 0.15) is 11.5 Å². The van der Waals surface area contributed by atoms with Crippen molar-refractivity contribution in [2.24, 2.45) is 0 Å². The van der Waals surface area contributed by atoms with E-state index in [1.165, 1.54) is 5.56 Å². The first kappa shape index (κ1) is 23.5. The predicted molar refractivity (Wildman–Crippen MR) is 126 cm³/mol. The first-order chi connectivity index (χ1) is 15.2. The summed E-state index contributed by atoms with van der Waals surface area (Å²) in [5.41, 5.74) is 2.59. The van der Waals surface area contributed by atoms with Crippen molar-refractivity contribution in [1.29, 1.82) is 0 Å². The second-order valence-corrected chi connectivity index (χ2v) is 8.70. The number of ether oxygens (including phenoxy) is 1. The normalized spacial score (nSPS) is 18.1. The molecule has 1 heterocycles. The van der Waals surface area contributed by atoms with Gasteiger partial charge in [0, 0.05) is 12.1 Å². The summed E-state index contributed by atoms with van der Waals surface area (Å²) in [6, 6.07) is 14.1. The number of amides is 1. The molecule has 1 atom stereocenters. The molecule has 1 N–H and O–H groups in total. The van der Waals surface area contributed by atoms with Crippen LogP contribution in [-0.4, -0.2) is 60.9 Å². The van der Waals surface area contributed by atoms with Crippen LogP contribution in [0.4, 0.5) is 0 Å². The number of hydrogen-bond acceptors (Lipinski definition) is 5. The van der Waals surface area contributed by atoms with Crippen LogP contribution in [0.2, 0.25) is 0 Å². The molecule has 32 heavy (non-hydrogen) atoms. The van der Waals surface area contributed by atoms with Gasteiger partial charge in [0.05, 0.1) is 18.7 Å². The highest BCUT2D eigenvalue weighted by Gasteiger charge is 2.45. The first-order valence-electron chi connectivity index (χ1n) is 10.9. The van der Waals surface area contributed by atoms with Crippen LogP contribution in [-0.2, 0) is 9.59 Å². The molecule has 6 nitrogen and oxygen atoms in total. The van der Waals surface area contributed by atoms with Crippen LogP contribution in [0.3, 0.4) is 0 Å². The number of nitrogens with zero attached hydrogens (tertiary/aromatic N) is 2. The van der Waals surface area contributed by atoms with Gasteiger partial charge in [-0.1, -0.05) is 38.1 Å². The number of ketones is 1. The minimum atomic E-state index is -0.652. The molecule has 0 spiro atoms. The number of benzene rings is 2. The predicted octanol–water partition coefficient (Wildman–Crippen LogP) is 4.19. The number of rotatable bonds is 8. The van der Waals surface area contributed by atoms with Gasteiger partial charge in [-0.25, -0.2) is 0 Å². The van der Waals surface area contributed by atoms with Gasteiger partial charge >= 0.3 is 0 Å². The molecule has 3 rings (SSSR count). The van der Waals surface area contributed by atoms with Crippen LogP contribution < -0.4 is 4.74 Å². The third-order valence-corrected chi connectivity index (χ3v) is 5.83.